The Balaban J connectivity index is 1.26. The number of aliphatic hydroxyl groups excluding tert-OH is 1. The van der Waals surface area contributed by atoms with E-state index in [2.05, 4.69) is 0 Å². The summed E-state index contributed by atoms with van der Waals surface area (Å²) in [5.41, 5.74) is 0. The van der Waals surface area contributed by atoms with Crippen LogP contribution in [-0.4, -0.2) is 62.6 Å². The van der Waals surface area contributed by atoms with Crippen molar-refractivity contribution in [3.63, 3.8) is 0 Å². The largest absolute Gasteiger partial charge is 0.388 e. The Morgan fingerprint density at radius 3 is 1.96 bits per heavy atom. The van der Waals surface area contributed by atoms with E-state index >= 15 is 0 Å². The quantitative estimate of drug-likeness (QED) is 0.610. The monoisotopic (exact) mass is 356 g/mol. The summed E-state index contributed by atoms with van der Waals surface area (Å²) in [6.07, 6.45) is 10.6. The van der Waals surface area contributed by atoms with E-state index in [1.54, 1.807) is 0 Å². The first-order chi connectivity index (χ1) is 12.2. The van der Waals surface area contributed by atoms with Gasteiger partial charge in [-0.15, -0.1) is 0 Å². The van der Waals surface area contributed by atoms with Gasteiger partial charge in [-0.2, -0.15) is 0 Å². The van der Waals surface area contributed by atoms with Gasteiger partial charge in [0.2, 0.25) is 0 Å². The summed E-state index contributed by atoms with van der Waals surface area (Å²) < 4.78 is 22.3. The minimum atomic E-state index is -0.492. The highest BCUT2D eigenvalue weighted by atomic mass is 16.6. The summed E-state index contributed by atoms with van der Waals surface area (Å²) in [7, 11) is 0. The molecule has 2 saturated carbocycles. The second-order valence-corrected chi connectivity index (χ2v) is 8.01. The fourth-order valence-corrected chi connectivity index (χ4v) is 4.41. The van der Waals surface area contributed by atoms with E-state index < -0.39 is 6.10 Å². The topological polar surface area (TPSA) is 60.5 Å². The van der Waals surface area contributed by atoms with Crippen molar-refractivity contribution in [2.24, 2.45) is 11.8 Å². The number of hydrogen-bond acceptors (Lipinski definition) is 5. The minimum Gasteiger partial charge on any atom is -0.388 e. The summed E-state index contributed by atoms with van der Waals surface area (Å²) in [5, 5.41) is 9.80. The molecule has 2 aliphatic carbocycles. The molecule has 0 bridgehead atoms. The SMILES string of the molecule is CCOCC(O)COC1CCC(C2CCC(OCC3CO3)CC2)CC1. The molecule has 3 rings (SSSR count). The van der Waals surface area contributed by atoms with Crippen molar-refractivity contribution in [2.75, 3.05) is 33.0 Å². The Morgan fingerprint density at radius 1 is 0.880 bits per heavy atom. The molecule has 5 heteroatoms. The van der Waals surface area contributed by atoms with E-state index in [9.17, 15) is 5.11 Å². The first-order valence-electron chi connectivity index (χ1n) is 10.3. The van der Waals surface area contributed by atoms with Gasteiger partial charge in [0.25, 0.3) is 0 Å². The van der Waals surface area contributed by atoms with Crippen LogP contribution in [-0.2, 0) is 18.9 Å². The van der Waals surface area contributed by atoms with E-state index in [4.69, 9.17) is 18.9 Å². The lowest BCUT2D eigenvalue weighted by atomic mass is 9.72. The van der Waals surface area contributed by atoms with Gasteiger partial charge < -0.3 is 24.1 Å². The number of rotatable bonds is 10. The number of hydrogen-bond donors (Lipinski definition) is 1. The van der Waals surface area contributed by atoms with Crippen LogP contribution in [0, 0.1) is 11.8 Å². The molecule has 5 nitrogen and oxygen atoms in total. The molecule has 1 saturated heterocycles. The van der Waals surface area contributed by atoms with Crippen LogP contribution in [0.3, 0.4) is 0 Å². The number of aliphatic hydroxyl groups is 1. The predicted octanol–water partition coefficient (Wildman–Crippen LogP) is 2.93. The van der Waals surface area contributed by atoms with E-state index in [-0.39, 0.29) is 0 Å². The highest BCUT2D eigenvalue weighted by molar-refractivity contribution is 4.83. The molecule has 1 heterocycles. The zero-order valence-corrected chi connectivity index (χ0v) is 15.7. The van der Waals surface area contributed by atoms with Gasteiger partial charge in [0.05, 0.1) is 38.6 Å². The minimum absolute atomic E-state index is 0.325. The van der Waals surface area contributed by atoms with Crippen LogP contribution in [0.25, 0.3) is 0 Å². The van der Waals surface area contributed by atoms with Crippen molar-refractivity contribution < 1.29 is 24.1 Å². The number of epoxide rings is 1. The average Bonchev–Trinajstić information content (AvgIpc) is 3.48. The molecule has 0 amide bonds. The first kappa shape index (κ1) is 19.6. The smallest absolute Gasteiger partial charge is 0.104 e. The van der Waals surface area contributed by atoms with Crippen molar-refractivity contribution in [1.82, 2.24) is 0 Å². The predicted molar refractivity (Wildman–Crippen MR) is 95.6 cm³/mol. The maximum absolute atomic E-state index is 9.80. The van der Waals surface area contributed by atoms with Crippen molar-refractivity contribution in [3.8, 4) is 0 Å². The molecule has 0 aromatic rings. The molecular weight excluding hydrogens is 320 g/mol. The molecule has 146 valence electrons. The molecule has 3 fully saturated rings. The Morgan fingerprint density at radius 2 is 1.44 bits per heavy atom. The van der Waals surface area contributed by atoms with Crippen molar-refractivity contribution in [2.45, 2.75) is 82.7 Å². The summed E-state index contributed by atoms with van der Waals surface area (Å²) in [6, 6.07) is 0. The van der Waals surface area contributed by atoms with Gasteiger partial charge in [-0.05, 0) is 70.1 Å². The average molecular weight is 357 g/mol. The Labute approximate surface area is 152 Å². The van der Waals surface area contributed by atoms with Gasteiger partial charge in [-0.3, -0.25) is 0 Å². The van der Waals surface area contributed by atoms with Crippen LogP contribution in [0.2, 0.25) is 0 Å². The van der Waals surface area contributed by atoms with E-state index in [0.29, 0.717) is 38.1 Å². The van der Waals surface area contributed by atoms with Crippen LogP contribution < -0.4 is 0 Å². The molecule has 2 unspecified atom stereocenters. The van der Waals surface area contributed by atoms with Crippen LogP contribution >= 0.6 is 0 Å². The van der Waals surface area contributed by atoms with E-state index in [1.165, 1.54) is 38.5 Å². The van der Waals surface area contributed by atoms with Crippen molar-refractivity contribution in [3.05, 3.63) is 0 Å². The van der Waals surface area contributed by atoms with E-state index in [0.717, 1.165) is 37.9 Å². The molecule has 0 radical (unpaired) electrons. The standard InChI is InChI=1S/C20H36O5/c1-2-22-11-17(21)12-23-18-7-3-15(4-8-18)16-5-9-19(10-6-16)24-13-20-14-25-20/h15-21H,2-14H2,1H3. The fourth-order valence-electron chi connectivity index (χ4n) is 4.41. The normalized spacial score (nSPS) is 37.0. The fraction of sp³-hybridized carbons (Fsp3) is 1.00. The molecule has 1 N–H and O–H groups in total. The highest BCUT2D eigenvalue weighted by Gasteiger charge is 2.32. The molecule has 2 atom stereocenters. The first-order valence-corrected chi connectivity index (χ1v) is 10.3. The van der Waals surface area contributed by atoms with Crippen molar-refractivity contribution in [1.29, 1.82) is 0 Å². The van der Waals surface area contributed by atoms with Crippen molar-refractivity contribution >= 4 is 0 Å². The Hall–Kier alpha value is -0.200. The lowest BCUT2D eigenvalue weighted by molar-refractivity contribution is -0.0596. The molecule has 1 aliphatic heterocycles. The van der Waals surface area contributed by atoms with Gasteiger partial charge in [-0.1, -0.05) is 0 Å². The second kappa shape index (κ2) is 10.2. The summed E-state index contributed by atoms with van der Waals surface area (Å²) in [6.45, 7) is 5.06. The van der Waals surface area contributed by atoms with Gasteiger partial charge >= 0.3 is 0 Å². The summed E-state index contributed by atoms with van der Waals surface area (Å²) >= 11 is 0. The molecular formula is C20H36O5. The second-order valence-electron chi connectivity index (χ2n) is 8.01. The maximum atomic E-state index is 9.80. The summed E-state index contributed by atoms with van der Waals surface area (Å²) in [5.74, 6) is 1.74. The third-order valence-electron chi connectivity index (χ3n) is 6.06. The van der Waals surface area contributed by atoms with Gasteiger partial charge in [0, 0.05) is 6.61 Å². The van der Waals surface area contributed by atoms with Crippen LogP contribution in [0.1, 0.15) is 58.3 Å². The van der Waals surface area contributed by atoms with Crippen LogP contribution in [0.4, 0.5) is 0 Å². The molecule has 0 aromatic heterocycles. The summed E-state index contributed by atoms with van der Waals surface area (Å²) in [4.78, 5) is 0. The Kier molecular flexibility index (Phi) is 7.99. The molecule has 3 aliphatic rings. The Bertz CT molecular complexity index is 357. The lowest BCUT2D eigenvalue weighted by Crippen LogP contribution is -2.32. The number of ether oxygens (including phenoxy) is 4. The molecule has 0 spiro atoms. The molecule has 25 heavy (non-hydrogen) atoms. The highest BCUT2D eigenvalue weighted by Crippen LogP contribution is 2.39. The molecule has 0 aromatic carbocycles. The van der Waals surface area contributed by atoms with Gasteiger partial charge in [0.1, 0.15) is 12.2 Å². The van der Waals surface area contributed by atoms with E-state index in [1.807, 2.05) is 6.92 Å². The van der Waals surface area contributed by atoms with Gasteiger partial charge in [0.15, 0.2) is 0 Å². The third kappa shape index (κ3) is 6.79. The van der Waals surface area contributed by atoms with Crippen LogP contribution in [0.5, 0.6) is 0 Å². The third-order valence-corrected chi connectivity index (χ3v) is 6.06. The van der Waals surface area contributed by atoms with Gasteiger partial charge in [-0.25, -0.2) is 0 Å². The lowest BCUT2D eigenvalue weighted by Gasteiger charge is -2.37. The van der Waals surface area contributed by atoms with Crippen LogP contribution in [0.15, 0.2) is 0 Å². The zero-order chi connectivity index (χ0) is 17.5. The maximum Gasteiger partial charge on any atom is 0.104 e. The zero-order valence-electron chi connectivity index (χ0n) is 15.7.